The molecular weight excluding hydrogens is 490 g/mol. The molecule has 1 saturated carbocycles. The van der Waals surface area contributed by atoms with Crippen molar-refractivity contribution in [2.45, 2.75) is 104 Å². The standard InChI is InChI=1S/C32H43N3O4/c1-22-18-27-28(19-23(22)2)35(20-24-12-8-6-9-13-24)29(33-27)17-16-26(34-31(37)39-32(3,4)5)30(36)38-21-25-14-10-7-11-15-25/h7,10-11,14-15,18-19,24,26H,6,8-9,12-13,16-17,20-21H2,1-5H3,(H,34,37). The minimum Gasteiger partial charge on any atom is -0.459 e. The SMILES string of the molecule is Cc1cc2nc(CCC(NC(=O)OC(C)(C)C)C(=O)OCc3ccccc3)n(CC3CCCCC3)c2cc1C. The normalized spacial score (nSPS) is 15.2. The number of aryl methyl sites for hydroxylation is 3. The predicted molar refractivity (Wildman–Crippen MR) is 153 cm³/mol. The molecule has 3 aromatic rings. The summed E-state index contributed by atoms with van der Waals surface area (Å²) in [7, 11) is 0. The molecule has 1 fully saturated rings. The number of hydrogen-bond acceptors (Lipinski definition) is 5. The van der Waals surface area contributed by atoms with E-state index in [0.717, 1.165) is 29.0 Å². The molecule has 39 heavy (non-hydrogen) atoms. The van der Waals surface area contributed by atoms with Crippen LogP contribution in [-0.2, 0) is 33.8 Å². The highest BCUT2D eigenvalue weighted by molar-refractivity contribution is 5.81. The van der Waals surface area contributed by atoms with Crippen LogP contribution in [0.5, 0.6) is 0 Å². The van der Waals surface area contributed by atoms with Gasteiger partial charge in [0, 0.05) is 13.0 Å². The zero-order valence-corrected chi connectivity index (χ0v) is 24.1. The summed E-state index contributed by atoms with van der Waals surface area (Å²) in [5.41, 5.74) is 4.79. The average molecular weight is 534 g/mol. The molecule has 1 aliphatic carbocycles. The molecule has 1 amide bonds. The number of hydrogen-bond donors (Lipinski definition) is 1. The lowest BCUT2D eigenvalue weighted by Gasteiger charge is -2.24. The first kappa shape index (κ1) is 28.7. The zero-order chi connectivity index (χ0) is 28.0. The number of carbonyl (C=O) groups is 2. The number of rotatable bonds is 9. The first-order chi connectivity index (χ1) is 18.6. The Balaban J connectivity index is 1.55. The molecule has 0 radical (unpaired) electrons. The third-order valence-electron chi connectivity index (χ3n) is 7.46. The molecule has 2 aromatic carbocycles. The van der Waals surface area contributed by atoms with Gasteiger partial charge in [0.1, 0.15) is 24.1 Å². The summed E-state index contributed by atoms with van der Waals surface area (Å²) in [6.45, 7) is 10.7. The van der Waals surface area contributed by atoms with Crippen LogP contribution < -0.4 is 5.32 Å². The van der Waals surface area contributed by atoms with Crippen LogP contribution >= 0.6 is 0 Å². The van der Waals surface area contributed by atoms with Crippen LogP contribution in [0.15, 0.2) is 42.5 Å². The Kier molecular flexibility index (Phi) is 9.31. The molecule has 1 heterocycles. The second-order valence-electron chi connectivity index (χ2n) is 11.9. The summed E-state index contributed by atoms with van der Waals surface area (Å²) < 4.78 is 13.4. The van der Waals surface area contributed by atoms with Gasteiger partial charge in [-0.1, -0.05) is 49.6 Å². The molecule has 1 aromatic heterocycles. The van der Waals surface area contributed by atoms with E-state index in [1.54, 1.807) is 20.8 Å². The summed E-state index contributed by atoms with van der Waals surface area (Å²) >= 11 is 0. The van der Waals surface area contributed by atoms with E-state index in [2.05, 4.69) is 35.9 Å². The Labute approximate surface area is 232 Å². The first-order valence-electron chi connectivity index (χ1n) is 14.3. The number of ether oxygens (including phenoxy) is 2. The van der Waals surface area contributed by atoms with Gasteiger partial charge in [-0.15, -0.1) is 0 Å². The van der Waals surface area contributed by atoms with Gasteiger partial charge >= 0.3 is 12.1 Å². The zero-order valence-electron chi connectivity index (χ0n) is 24.1. The van der Waals surface area contributed by atoms with Crippen molar-refractivity contribution in [2.24, 2.45) is 5.92 Å². The minimum atomic E-state index is -0.852. The fourth-order valence-electron chi connectivity index (χ4n) is 5.25. The van der Waals surface area contributed by atoms with E-state index >= 15 is 0 Å². The molecule has 1 atom stereocenters. The Morgan fingerprint density at radius 1 is 1.05 bits per heavy atom. The number of alkyl carbamates (subject to hydrolysis) is 1. The lowest BCUT2D eigenvalue weighted by Crippen LogP contribution is -2.44. The van der Waals surface area contributed by atoms with Crippen LogP contribution in [0.2, 0.25) is 0 Å². The van der Waals surface area contributed by atoms with Crippen molar-refractivity contribution in [3.8, 4) is 0 Å². The molecule has 0 bridgehead atoms. The first-order valence-corrected chi connectivity index (χ1v) is 14.3. The van der Waals surface area contributed by atoms with Gasteiger partial charge in [-0.05, 0) is 88.6 Å². The smallest absolute Gasteiger partial charge is 0.408 e. The van der Waals surface area contributed by atoms with E-state index in [-0.39, 0.29) is 6.61 Å². The highest BCUT2D eigenvalue weighted by atomic mass is 16.6. The number of imidazole rings is 1. The van der Waals surface area contributed by atoms with Gasteiger partial charge < -0.3 is 19.4 Å². The maximum absolute atomic E-state index is 13.2. The molecule has 4 rings (SSSR count). The molecule has 0 saturated heterocycles. The van der Waals surface area contributed by atoms with Crippen molar-refractivity contribution in [2.75, 3.05) is 0 Å². The summed E-state index contributed by atoms with van der Waals surface area (Å²) in [5.74, 6) is 1.08. The highest BCUT2D eigenvalue weighted by Gasteiger charge is 2.27. The second-order valence-corrected chi connectivity index (χ2v) is 11.9. The van der Waals surface area contributed by atoms with Gasteiger partial charge in [-0.3, -0.25) is 0 Å². The maximum Gasteiger partial charge on any atom is 0.408 e. The van der Waals surface area contributed by atoms with Crippen molar-refractivity contribution in [3.05, 3.63) is 65.0 Å². The minimum absolute atomic E-state index is 0.144. The third-order valence-corrected chi connectivity index (χ3v) is 7.46. The van der Waals surface area contributed by atoms with E-state index in [0.29, 0.717) is 18.8 Å². The fourth-order valence-corrected chi connectivity index (χ4v) is 5.25. The molecule has 1 aliphatic rings. The predicted octanol–water partition coefficient (Wildman–Crippen LogP) is 6.80. The van der Waals surface area contributed by atoms with Crippen molar-refractivity contribution in [1.29, 1.82) is 0 Å². The number of carbonyl (C=O) groups excluding carboxylic acids is 2. The third kappa shape index (κ3) is 8.07. The Morgan fingerprint density at radius 3 is 2.44 bits per heavy atom. The number of esters is 1. The molecule has 1 unspecified atom stereocenters. The van der Waals surface area contributed by atoms with Crippen molar-refractivity contribution < 1.29 is 19.1 Å². The van der Waals surface area contributed by atoms with Crippen molar-refractivity contribution in [1.82, 2.24) is 14.9 Å². The van der Waals surface area contributed by atoms with Crippen LogP contribution in [0.3, 0.4) is 0 Å². The average Bonchev–Trinajstić information content (AvgIpc) is 3.21. The highest BCUT2D eigenvalue weighted by Crippen LogP contribution is 2.29. The number of aromatic nitrogens is 2. The quantitative estimate of drug-likeness (QED) is 0.306. The van der Waals surface area contributed by atoms with Gasteiger partial charge in [0.05, 0.1) is 11.0 Å². The lowest BCUT2D eigenvalue weighted by atomic mass is 9.89. The van der Waals surface area contributed by atoms with E-state index in [1.807, 2.05) is 30.3 Å². The van der Waals surface area contributed by atoms with E-state index in [4.69, 9.17) is 14.5 Å². The molecule has 0 aliphatic heterocycles. The van der Waals surface area contributed by atoms with Gasteiger partial charge in [0.25, 0.3) is 0 Å². The largest absolute Gasteiger partial charge is 0.459 e. The molecule has 210 valence electrons. The van der Waals surface area contributed by atoms with Crippen LogP contribution in [0, 0.1) is 19.8 Å². The summed E-state index contributed by atoms with van der Waals surface area (Å²) in [6.07, 6.45) is 6.59. The number of benzene rings is 2. The summed E-state index contributed by atoms with van der Waals surface area (Å²) in [5, 5.41) is 2.76. The van der Waals surface area contributed by atoms with Gasteiger partial charge in [0.2, 0.25) is 0 Å². The lowest BCUT2D eigenvalue weighted by molar-refractivity contribution is -0.147. The molecule has 7 nitrogen and oxygen atoms in total. The van der Waals surface area contributed by atoms with Crippen molar-refractivity contribution >= 4 is 23.1 Å². The summed E-state index contributed by atoms with van der Waals surface area (Å²) in [6, 6.07) is 13.1. The van der Waals surface area contributed by atoms with Crippen LogP contribution in [-0.4, -0.2) is 33.3 Å². The topological polar surface area (TPSA) is 82.4 Å². The maximum atomic E-state index is 13.2. The Bertz CT molecular complexity index is 1270. The van der Waals surface area contributed by atoms with Crippen LogP contribution in [0.25, 0.3) is 11.0 Å². The van der Waals surface area contributed by atoms with Crippen molar-refractivity contribution in [3.63, 3.8) is 0 Å². The van der Waals surface area contributed by atoms with E-state index in [9.17, 15) is 9.59 Å². The fraction of sp³-hybridized carbons (Fsp3) is 0.531. The number of fused-ring (bicyclic) bond motifs is 1. The van der Waals surface area contributed by atoms with Gasteiger partial charge in [-0.25, -0.2) is 14.6 Å². The Morgan fingerprint density at radius 2 is 1.74 bits per heavy atom. The molecular formula is C32H43N3O4. The van der Waals surface area contributed by atoms with Crippen LogP contribution in [0.1, 0.15) is 81.8 Å². The van der Waals surface area contributed by atoms with Gasteiger partial charge in [0.15, 0.2) is 0 Å². The number of amides is 1. The molecule has 7 heteroatoms. The Hall–Kier alpha value is -3.35. The summed E-state index contributed by atoms with van der Waals surface area (Å²) in [4.78, 5) is 30.8. The van der Waals surface area contributed by atoms with E-state index < -0.39 is 23.7 Å². The molecule has 0 spiro atoms. The molecule has 1 N–H and O–H groups in total. The monoisotopic (exact) mass is 533 g/mol. The van der Waals surface area contributed by atoms with Crippen LogP contribution in [0.4, 0.5) is 4.79 Å². The number of nitrogens with zero attached hydrogens (tertiary/aromatic N) is 2. The van der Waals surface area contributed by atoms with Gasteiger partial charge in [-0.2, -0.15) is 0 Å². The van der Waals surface area contributed by atoms with E-state index in [1.165, 1.54) is 43.2 Å². The second kappa shape index (κ2) is 12.7. The number of nitrogens with one attached hydrogen (secondary N) is 1.